The van der Waals surface area contributed by atoms with Crippen LogP contribution < -0.4 is 20.9 Å². The Hall–Kier alpha value is -3.35. The summed E-state index contributed by atoms with van der Waals surface area (Å²) in [5, 5.41) is 2.47. The Balaban J connectivity index is 1.76. The minimum absolute atomic E-state index is 0.264. The van der Waals surface area contributed by atoms with Crippen LogP contribution in [0.3, 0.4) is 0 Å². The highest BCUT2D eigenvalue weighted by molar-refractivity contribution is 5.96. The number of hydrogen-bond acceptors (Lipinski definition) is 4. The first-order chi connectivity index (χ1) is 12.9. The van der Waals surface area contributed by atoms with Gasteiger partial charge in [0.15, 0.2) is 6.10 Å². The molecule has 0 fully saturated rings. The molecule has 0 heterocycles. The zero-order chi connectivity index (χ0) is 19.8. The van der Waals surface area contributed by atoms with E-state index in [1.165, 1.54) is 0 Å². The van der Waals surface area contributed by atoms with Crippen LogP contribution in [0.5, 0.6) is 5.75 Å². The van der Waals surface area contributed by atoms with Crippen LogP contribution in [0.15, 0.2) is 48.5 Å². The van der Waals surface area contributed by atoms with Crippen molar-refractivity contribution >= 4 is 17.7 Å². The van der Waals surface area contributed by atoms with Gasteiger partial charge in [0.2, 0.25) is 0 Å². The molecular formula is C20H23N3O4. The van der Waals surface area contributed by atoms with Crippen molar-refractivity contribution in [1.29, 1.82) is 0 Å². The van der Waals surface area contributed by atoms with Gasteiger partial charge < -0.3 is 10.1 Å². The molecule has 142 valence electrons. The number of carbonyl (C=O) groups excluding carboxylic acids is 3. The second kappa shape index (κ2) is 9.38. The van der Waals surface area contributed by atoms with E-state index >= 15 is 0 Å². The quantitative estimate of drug-likeness (QED) is 0.675. The van der Waals surface area contributed by atoms with Gasteiger partial charge in [0.25, 0.3) is 17.7 Å². The maximum atomic E-state index is 12.1. The van der Waals surface area contributed by atoms with Gasteiger partial charge in [-0.2, -0.15) is 0 Å². The molecule has 2 aromatic carbocycles. The third-order valence-corrected chi connectivity index (χ3v) is 4.00. The molecule has 0 aliphatic carbocycles. The van der Waals surface area contributed by atoms with E-state index in [2.05, 4.69) is 16.2 Å². The second-order valence-corrected chi connectivity index (χ2v) is 6.04. The molecular weight excluding hydrogens is 346 g/mol. The molecule has 0 aromatic heterocycles. The molecule has 7 heteroatoms. The lowest BCUT2D eigenvalue weighted by molar-refractivity contribution is -0.132. The van der Waals surface area contributed by atoms with Crippen molar-refractivity contribution in [3.8, 4) is 5.75 Å². The SMILES string of the molecule is Cc1cccc(OC(C)C(=O)NNC(=O)CNC(=O)c2ccccc2)c1C. The highest BCUT2D eigenvalue weighted by Gasteiger charge is 2.17. The molecule has 7 nitrogen and oxygen atoms in total. The number of hydrazine groups is 1. The highest BCUT2D eigenvalue weighted by atomic mass is 16.5. The predicted octanol–water partition coefficient (Wildman–Crippen LogP) is 1.65. The Kier molecular flexibility index (Phi) is 6.93. The Morgan fingerprint density at radius 1 is 0.963 bits per heavy atom. The average Bonchev–Trinajstić information content (AvgIpc) is 2.68. The van der Waals surface area contributed by atoms with Gasteiger partial charge in [-0.1, -0.05) is 30.3 Å². The predicted molar refractivity (Wildman–Crippen MR) is 101 cm³/mol. The van der Waals surface area contributed by atoms with Crippen molar-refractivity contribution < 1.29 is 19.1 Å². The molecule has 2 aromatic rings. The molecule has 27 heavy (non-hydrogen) atoms. The molecule has 1 atom stereocenters. The fourth-order valence-corrected chi connectivity index (χ4v) is 2.23. The Morgan fingerprint density at radius 3 is 2.37 bits per heavy atom. The first-order valence-electron chi connectivity index (χ1n) is 8.53. The van der Waals surface area contributed by atoms with E-state index in [4.69, 9.17) is 4.74 Å². The van der Waals surface area contributed by atoms with E-state index in [9.17, 15) is 14.4 Å². The molecule has 3 amide bonds. The van der Waals surface area contributed by atoms with Gasteiger partial charge in [-0.25, -0.2) is 0 Å². The fourth-order valence-electron chi connectivity index (χ4n) is 2.23. The van der Waals surface area contributed by atoms with E-state index in [1.54, 1.807) is 43.3 Å². The van der Waals surface area contributed by atoms with E-state index in [0.717, 1.165) is 11.1 Å². The summed E-state index contributed by atoms with van der Waals surface area (Å²) in [5.74, 6) is -0.812. The number of nitrogens with one attached hydrogen (secondary N) is 3. The molecule has 2 rings (SSSR count). The number of hydrogen-bond donors (Lipinski definition) is 3. The van der Waals surface area contributed by atoms with Crippen LogP contribution in [0.25, 0.3) is 0 Å². The van der Waals surface area contributed by atoms with Crippen LogP contribution in [0.2, 0.25) is 0 Å². The highest BCUT2D eigenvalue weighted by Crippen LogP contribution is 2.21. The van der Waals surface area contributed by atoms with Gasteiger partial charge in [0.1, 0.15) is 5.75 Å². The van der Waals surface area contributed by atoms with Crippen molar-refractivity contribution in [3.63, 3.8) is 0 Å². The van der Waals surface area contributed by atoms with Gasteiger partial charge in [-0.05, 0) is 50.1 Å². The number of carbonyl (C=O) groups is 3. The summed E-state index contributed by atoms with van der Waals surface area (Å²) in [7, 11) is 0. The summed E-state index contributed by atoms with van der Waals surface area (Å²) in [6.45, 7) is 5.18. The van der Waals surface area contributed by atoms with Crippen LogP contribution in [0.4, 0.5) is 0 Å². The molecule has 0 bridgehead atoms. The maximum Gasteiger partial charge on any atom is 0.279 e. The topological polar surface area (TPSA) is 96.5 Å². The number of aryl methyl sites for hydroxylation is 1. The molecule has 1 unspecified atom stereocenters. The van der Waals surface area contributed by atoms with Crippen molar-refractivity contribution in [2.75, 3.05) is 6.54 Å². The lowest BCUT2D eigenvalue weighted by Gasteiger charge is -2.17. The van der Waals surface area contributed by atoms with Gasteiger partial charge in [-0.15, -0.1) is 0 Å². The third kappa shape index (κ3) is 5.85. The zero-order valence-electron chi connectivity index (χ0n) is 15.5. The van der Waals surface area contributed by atoms with Gasteiger partial charge in [0.05, 0.1) is 6.54 Å². The summed E-state index contributed by atoms with van der Waals surface area (Å²) in [6.07, 6.45) is -0.801. The van der Waals surface area contributed by atoms with E-state index in [1.807, 2.05) is 26.0 Å². The summed E-state index contributed by atoms with van der Waals surface area (Å²) in [5.41, 5.74) is 6.99. The average molecular weight is 369 g/mol. The molecule has 0 spiro atoms. The maximum absolute atomic E-state index is 12.1. The van der Waals surface area contributed by atoms with Crippen LogP contribution in [0, 0.1) is 13.8 Å². The van der Waals surface area contributed by atoms with Gasteiger partial charge in [0, 0.05) is 5.56 Å². The molecule has 3 N–H and O–H groups in total. The van der Waals surface area contributed by atoms with Crippen LogP contribution >= 0.6 is 0 Å². The van der Waals surface area contributed by atoms with Crippen LogP contribution in [-0.2, 0) is 9.59 Å². The summed E-state index contributed by atoms with van der Waals surface area (Å²) < 4.78 is 5.64. The fraction of sp³-hybridized carbons (Fsp3) is 0.250. The Labute approximate surface area is 158 Å². The molecule has 0 saturated carbocycles. The van der Waals surface area contributed by atoms with Crippen molar-refractivity contribution in [1.82, 2.24) is 16.2 Å². The van der Waals surface area contributed by atoms with Crippen molar-refractivity contribution in [3.05, 3.63) is 65.2 Å². The van der Waals surface area contributed by atoms with E-state index in [0.29, 0.717) is 11.3 Å². The summed E-state index contributed by atoms with van der Waals surface area (Å²) in [6, 6.07) is 14.1. The summed E-state index contributed by atoms with van der Waals surface area (Å²) >= 11 is 0. The van der Waals surface area contributed by atoms with E-state index in [-0.39, 0.29) is 12.5 Å². The lowest BCUT2D eigenvalue weighted by atomic mass is 10.1. The Bertz CT molecular complexity index is 821. The van der Waals surface area contributed by atoms with Gasteiger partial charge in [-0.3, -0.25) is 25.2 Å². The number of rotatable bonds is 6. The summed E-state index contributed by atoms with van der Waals surface area (Å²) in [4.78, 5) is 35.7. The normalized spacial score (nSPS) is 11.2. The van der Waals surface area contributed by atoms with Crippen molar-refractivity contribution in [2.24, 2.45) is 0 Å². The standard InChI is InChI=1S/C20H23N3O4/c1-13-8-7-11-17(14(13)2)27-15(3)19(25)23-22-18(24)12-21-20(26)16-9-5-4-6-10-16/h4-11,15H,12H2,1-3H3,(H,21,26)(H,22,24)(H,23,25). The van der Waals surface area contributed by atoms with Crippen molar-refractivity contribution in [2.45, 2.75) is 26.9 Å². The molecule has 0 aliphatic rings. The second-order valence-electron chi connectivity index (χ2n) is 6.04. The number of benzene rings is 2. The Morgan fingerprint density at radius 2 is 1.67 bits per heavy atom. The first-order valence-corrected chi connectivity index (χ1v) is 8.53. The minimum Gasteiger partial charge on any atom is -0.481 e. The zero-order valence-corrected chi connectivity index (χ0v) is 15.5. The van der Waals surface area contributed by atoms with Crippen LogP contribution in [0.1, 0.15) is 28.4 Å². The molecule has 0 aliphatic heterocycles. The van der Waals surface area contributed by atoms with Gasteiger partial charge >= 0.3 is 0 Å². The smallest absolute Gasteiger partial charge is 0.279 e. The molecule has 0 saturated heterocycles. The number of ether oxygens (including phenoxy) is 1. The monoisotopic (exact) mass is 369 g/mol. The molecule has 0 radical (unpaired) electrons. The minimum atomic E-state index is -0.801. The van der Waals surface area contributed by atoms with Crippen LogP contribution in [-0.4, -0.2) is 30.4 Å². The lowest BCUT2D eigenvalue weighted by Crippen LogP contribution is -2.50. The third-order valence-electron chi connectivity index (χ3n) is 4.00. The van der Waals surface area contributed by atoms with E-state index < -0.39 is 17.9 Å². The first kappa shape index (κ1) is 20.0. The largest absolute Gasteiger partial charge is 0.481 e. The number of amides is 3.